The van der Waals surface area contributed by atoms with E-state index in [4.69, 9.17) is 9.31 Å². The summed E-state index contributed by atoms with van der Waals surface area (Å²) in [6.45, 7) is 7.65. The second-order valence-electron chi connectivity index (χ2n) is 6.04. The van der Waals surface area contributed by atoms with E-state index in [1.54, 1.807) is 6.26 Å². The van der Waals surface area contributed by atoms with Gasteiger partial charge < -0.3 is 9.31 Å². The van der Waals surface area contributed by atoms with Gasteiger partial charge in [-0.2, -0.15) is 13.2 Å². The van der Waals surface area contributed by atoms with Crippen molar-refractivity contribution in [3.8, 4) is 0 Å². The Kier molecular flexibility index (Phi) is 4.15. The van der Waals surface area contributed by atoms with Crippen LogP contribution in [0.25, 0.3) is 0 Å². The summed E-state index contributed by atoms with van der Waals surface area (Å²) in [5.41, 5.74) is -1.06. The van der Waals surface area contributed by atoms with Crippen LogP contribution in [-0.4, -0.2) is 24.6 Å². The molecule has 1 aliphatic heterocycles. The van der Waals surface area contributed by atoms with E-state index in [1.807, 2.05) is 27.7 Å². The van der Waals surface area contributed by atoms with Crippen LogP contribution >= 0.6 is 11.8 Å². The highest BCUT2D eigenvalue weighted by atomic mass is 32.2. The summed E-state index contributed by atoms with van der Waals surface area (Å²) in [5.74, 6) is 0. The third-order valence-corrected chi connectivity index (χ3v) is 4.86. The molecule has 0 saturated carbocycles. The molecule has 7 heteroatoms. The predicted molar refractivity (Wildman–Crippen MR) is 78.9 cm³/mol. The van der Waals surface area contributed by atoms with Gasteiger partial charge in [0.25, 0.3) is 0 Å². The fourth-order valence-corrected chi connectivity index (χ4v) is 2.70. The molecule has 0 aliphatic carbocycles. The summed E-state index contributed by atoms with van der Waals surface area (Å²) in [6, 6.07) is 3.65. The van der Waals surface area contributed by atoms with Gasteiger partial charge in [-0.3, -0.25) is 0 Å². The minimum atomic E-state index is -4.35. The molecular formula is C14H18BF3O2S. The fourth-order valence-electron chi connectivity index (χ4n) is 2.05. The molecule has 0 unspecified atom stereocenters. The van der Waals surface area contributed by atoms with E-state index in [2.05, 4.69) is 0 Å². The molecule has 116 valence electrons. The lowest BCUT2D eigenvalue weighted by molar-refractivity contribution is -0.137. The van der Waals surface area contributed by atoms with Crippen LogP contribution < -0.4 is 5.46 Å². The van der Waals surface area contributed by atoms with Gasteiger partial charge in [-0.1, -0.05) is 12.1 Å². The van der Waals surface area contributed by atoms with E-state index in [-0.39, 0.29) is 0 Å². The van der Waals surface area contributed by atoms with E-state index >= 15 is 0 Å². The average Bonchev–Trinajstić information content (AvgIpc) is 2.56. The monoisotopic (exact) mass is 318 g/mol. The van der Waals surface area contributed by atoms with Gasteiger partial charge in [-0.05, 0) is 45.5 Å². The second-order valence-corrected chi connectivity index (χ2v) is 6.89. The minimum Gasteiger partial charge on any atom is -0.399 e. The summed E-state index contributed by atoms with van der Waals surface area (Å²) in [4.78, 5) is 0.517. The van der Waals surface area contributed by atoms with Crippen molar-refractivity contribution < 1.29 is 22.5 Å². The highest BCUT2D eigenvalue weighted by molar-refractivity contribution is 7.98. The van der Waals surface area contributed by atoms with Crippen molar-refractivity contribution in [3.05, 3.63) is 23.8 Å². The van der Waals surface area contributed by atoms with Crippen molar-refractivity contribution in [1.29, 1.82) is 0 Å². The van der Waals surface area contributed by atoms with Crippen LogP contribution in [0.5, 0.6) is 0 Å². The summed E-state index contributed by atoms with van der Waals surface area (Å²) >= 11 is 1.25. The smallest absolute Gasteiger partial charge is 0.399 e. The van der Waals surface area contributed by atoms with Crippen molar-refractivity contribution in [2.75, 3.05) is 6.26 Å². The van der Waals surface area contributed by atoms with E-state index in [1.165, 1.54) is 17.8 Å². The molecule has 0 N–H and O–H groups in total. The molecule has 1 aromatic rings. The number of rotatable bonds is 2. The number of hydrogen-bond acceptors (Lipinski definition) is 3. The van der Waals surface area contributed by atoms with Gasteiger partial charge in [0.2, 0.25) is 0 Å². The summed E-state index contributed by atoms with van der Waals surface area (Å²) in [5, 5.41) is 0. The van der Waals surface area contributed by atoms with Crippen LogP contribution in [-0.2, 0) is 15.5 Å². The van der Waals surface area contributed by atoms with Crippen LogP contribution in [0, 0.1) is 0 Å². The SMILES string of the molecule is CSc1cc(C(F)(F)F)ccc1B1OC(C)(C)C(C)(C)O1. The van der Waals surface area contributed by atoms with Gasteiger partial charge in [0.05, 0.1) is 16.8 Å². The molecule has 0 radical (unpaired) electrons. The zero-order valence-corrected chi connectivity index (χ0v) is 13.5. The molecule has 1 aromatic carbocycles. The molecule has 1 aliphatic rings. The summed E-state index contributed by atoms with van der Waals surface area (Å²) < 4.78 is 50.2. The Labute approximate surface area is 127 Å². The molecular weight excluding hydrogens is 300 g/mol. The summed E-state index contributed by atoms with van der Waals surface area (Å²) in [7, 11) is -0.653. The molecule has 0 amide bonds. The summed E-state index contributed by atoms with van der Waals surface area (Å²) in [6.07, 6.45) is -2.61. The third kappa shape index (κ3) is 3.10. The maximum atomic E-state index is 12.8. The van der Waals surface area contributed by atoms with Crippen molar-refractivity contribution in [1.82, 2.24) is 0 Å². The zero-order chi connectivity index (χ0) is 16.1. The standard InChI is InChI=1S/C14H18BF3O2S/c1-12(2)13(3,4)20-15(19-12)10-7-6-9(14(16,17)18)8-11(10)21-5/h6-8H,1-5H3. The molecule has 2 nitrogen and oxygen atoms in total. The first-order valence-corrected chi connectivity index (χ1v) is 7.81. The first-order chi connectivity index (χ1) is 9.48. The van der Waals surface area contributed by atoms with Gasteiger partial charge in [-0.15, -0.1) is 11.8 Å². The van der Waals surface area contributed by atoms with Gasteiger partial charge in [0, 0.05) is 4.90 Å². The number of halogens is 3. The topological polar surface area (TPSA) is 18.5 Å². The Morgan fingerprint density at radius 2 is 1.57 bits per heavy atom. The van der Waals surface area contributed by atoms with Crippen LogP contribution in [0.4, 0.5) is 13.2 Å². The maximum Gasteiger partial charge on any atom is 0.495 e. The number of alkyl halides is 3. The predicted octanol–water partition coefficient (Wildman–Crippen LogP) is 3.73. The second kappa shape index (κ2) is 5.21. The molecule has 1 heterocycles. The molecule has 2 rings (SSSR count). The number of benzene rings is 1. The van der Waals surface area contributed by atoms with E-state index in [0.717, 1.165) is 12.1 Å². The van der Waals surface area contributed by atoms with E-state index in [9.17, 15) is 13.2 Å². The molecule has 0 spiro atoms. The molecule has 0 atom stereocenters. The highest BCUT2D eigenvalue weighted by Crippen LogP contribution is 2.38. The van der Waals surface area contributed by atoms with Gasteiger partial charge in [0.1, 0.15) is 0 Å². The number of thioether (sulfide) groups is 1. The van der Waals surface area contributed by atoms with Crippen LogP contribution in [0.3, 0.4) is 0 Å². The zero-order valence-electron chi connectivity index (χ0n) is 12.7. The number of hydrogen-bond donors (Lipinski definition) is 0. The lowest BCUT2D eigenvalue weighted by atomic mass is 9.78. The Morgan fingerprint density at radius 3 is 2.00 bits per heavy atom. The third-order valence-electron chi connectivity index (χ3n) is 4.07. The molecule has 0 aromatic heterocycles. The fraction of sp³-hybridized carbons (Fsp3) is 0.571. The van der Waals surface area contributed by atoms with Crippen molar-refractivity contribution in [2.24, 2.45) is 0 Å². The minimum absolute atomic E-state index is 0.517. The maximum absolute atomic E-state index is 12.8. The van der Waals surface area contributed by atoms with Crippen molar-refractivity contribution in [2.45, 2.75) is 50.0 Å². The lowest BCUT2D eigenvalue weighted by Crippen LogP contribution is -2.41. The molecule has 0 bridgehead atoms. The average molecular weight is 318 g/mol. The van der Waals surface area contributed by atoms with Gasteiger partial charge >= 0.3 is 13.3 Å². The van der Waals surface area contributed by atoms with Crippen LogP contribution in [0.15, 0.2) is 23.1 Å². The Bertz CT molecular complexity index is 528. The van der Waals surface area contributed by atoms with E-state index < -0.39 is 30.1 Å². The highest BCUT2D eigenvalue weighted by Gasteiger charge is 2.52. The normalized spacial score (nSPS) is 20.9. The van der Waals surface area contributed by atoms with Gasteiger partial charge in [0.15, 0.2) is 0 Å². The van der Waals surface area contributed by atoms with Crippen molar-refractivity contribution in [3.63, 3.8) is 0 Å². The molecule has 1 saturated heterocycles. The Balaban J connectivity index is 2.38. The van der Waals surface area contributed by atoms with Crippen molar-refractivity contribution >= 4 is 24.3 Å². The lowest BCUT2D eigenvalue weighted by Gasteiger charge is -2.32. The molecule has 21 heavy (non-hydrogen) atoms. The largest absolute Gasteiger partial charge is 0.495 e. The van der Waals surface area contributed by atoms with Gasteiger partial charge in [-0.25, -0.2) is 0 Å². The van der Waals surface area contributed by atoms with E-state index in [0.29, 0.717) is 10.4 Å². The first kappa shape index (κ1) is 16.7. The van der Waals surface area contributed by atoms with Crippen LogP contribution in [0.1, 0.15) is 33.3 Å². The Morgan fingerprint density at radius 1 is 1.05 bits per heavy atom. The Hall–Kier alpha value is -0.655. The quantitative estimate of drug-likeness (QED) is 0.611. The first-order valence-electron chi connectivity index (χ1n) is 6.59. The van der Waals surface area contributed by atoms with Crippen LogP contribution in [0.2, 0.25) is 0 Å². The molecule has 1 fully saturated rings.